The van der Waals surface area contributed by atoms with Gasteiger partial charge in [0, 0.05) is 11.6 Å². The first-order valence-electron chi connectivity index (χ1n) is 5.38. The lowest BCUT2D eigenvalue weighted by Crippen LogP contribution is -2.13. The minimum Gasteiger partial charge on any atom is -0.467 e. The van der Waals surface area contributed by atoms with Crippen molar-refractivity contribution >= 4 is 5.97 Å². The van der Waals surface area contributed by atoms with Gasteiger partial charge in [-0.3, -0.25) is 4.79 Å². The number of esters is 1. The van der Waals surface area contributed by atoms with Gasteiger partial charge in [0.15, 0.2) is 6.79 Å². The van der Waals surface area contributed by atoms with Crippen LogP contribution in [0.3, 0.4) is 0 Å². The van der Waals surface area contributed by atoms with E-state index in [1.807, 2.05) is 6.07 Å². The zero-order valence-electron chi connectivity index (χ0n) is 8.77. The first-order chi connectivity index (χ1) is 7.83. The van der Waals surface area contributed by atoms with Crippen molar-refractivity contribution in [3.63, 3.8) is 0 Å². The highest BCUT2D eigenvalue weighted by Crippen LogP contribution is 2.33. The van der Waals surface area contributed by atoms with E-state index in [1.54, 1.807) is 12.1 Å². The maximum Gasteiger partial charge on any atom is 0.314 e. The van der Waals surface area contributed by atoms with Crippen molar-refractivity contribution in [2.45, 2.75) is 19.4 Å². The third-order valence-corrected chi connectivity index (χ3v) is 2.72. The lowest BCUT2D eigenvalue weighted by Gasteiger charge is -2.17. The Morgan fingerprint density at radius 1 is 1.38 bits per heavy atom. The second-order valence-corrected chi connectivity index (χ2v) is 4.08. The molecule has 84 valence electrons. The molecule has 3 rings (SSSR count). The Balaban J connectivity index is 1.77. The maximum atomic E-state index is 11.5. The highest BCUT2D eigenvalue weighted by Gasteiger charge is 2.31. The molecule has 0 radical (unpaired) electrons. The molecule has 0 amide bonds. The van der Waals surface area contributed by atoms with Crippen LogP contribution in [0.15, 0.2) is 18.2 Å². The number of hydrogen-bond donors (Lipinski definition) is 0. The maximum absolute atomic E-state index is 11.5. The van der Waals surface area contributed by atoms with E-state index in [9.17, 15) is 4.79 Å². The second kappa shape index (κ2) is 3.79. The molecule has 2 aliphatic rings. The second-order valence-electron chi connectivity index (χ2n) is 4.08. The largest absolute Gasteiger partial charge is 0.467 e. The summed E-state index contributed by atoms with van der Waals surface area (Å²) < 4.78 is 15.7. The molecule has 4 nitrogen and oxygen atoms in total. The minimum atomic E-state index is -0.132. The molecule has 1 saturated carbocycles. The molecule has 0 aromatic heterocycles. The van der Waals surface area contributed by atoms with Crippen molar-refractivity contribution in [1.29, 1.82) is 0 Å². The van der Waals surface area contributed by atoms with Crippen LogP contribution in [0.4, 0.5) is 0 Å². The summed E-state index contributed by atoms with van der Waals surface area (Å²) >= 11 is 0. The minimum absolute atomic E-state index is 0.111. The number of rotatable bonds is 2. The summed E-state index contributed by atoms with van der Waals surface area (Å²) in [6, 6.07) is 5.39. The Hall–Kier alpha value is -1.55. The molecule has 1 aliphatic carbocycles. The van der Waals surface area contributed by atoms with Crippen LogP contribution in [0.5, 0.6) is 11.5 Å². The van der Waals surface area contributed by atoms with Crippen LogP contribution in [-0.4, -0.2) is 12.8 Å². The highest BCUT2D eigenvalue weighted by atomic mass is 16.7. The van der Waals surface area contributed by atoms with Crippen molar-refractivity contribution < 1.29 is 19.0 Å². The van der Waals surface area contributed by atoms with E-state index in [-0.39, 0.29) is 18.7 Å². The topological polar surface area (TPSA) is 44.8 Å². The number of fused-ring (bicyclic) bond motifs is 1. The molecule has 1 fully saturated rings. The SMILES string of the molecule is O=C(Oc1ccc2c(c1)OCOC2)C1CC1. The number of ether oxygens (including phenoxy) is 3. The summed E-state index contributed by atoms with van der Waals surface area (Å²) in [6.07, 6.45) is 1.90. The number of carbonyl (C=O) groups is 1. The normalized spacial score (nSPS) is 18.5. The predicted octanol–water partition coefficient (Wildman–Crippen LogP) is 1.87. The van der Waals surface area contributed by atoms with Crippen molar-refractivity contribution in [1.82, 2.24) is 0 Å². The third kappa shape index (κ3) is 1.88. The lowest BCUT2D eigenvalue weighted by molar-refractivity contribution is -0.135. The van der Waals surface area contributed by atoms with Crippen LogP contribution in [0.2, 0.25) is 0 Å². The summed E-state index contributed by atoms with van der Waals surface area (Å²) in [5, 5.41) is 0. The summed E-state index contributed by atoms with van der Waals surface area (Å²) in [4.78, 5) is 11.5. The van der Waals surface area contributed by atoms with E-state index in [0.717, 1.165) is 24.2 Å². The van der Waals surface area contributed by atoms with E-state index >= 15 is 0 Å². The molecule has 0 atom stereocenters. The smallest absolute Gasteiger partial charge is 0.314 e. The molecular formula is C12H12O4. The van der Waals surface area contributed by atoms with Crippen LogP contribution in [0, 0.1) is 5.92 Å². The molecule has 0 N–H and O–H groups in total. The first-order valence-corrected chi connectivity index (χ1v) is 5.38. The van der Waals surface area contributed by atoms with Gasteiger partial charge in [-0.25, -0.2) is 0 Å². The fourth-order valence-electron chi connectivity index (χ4n) is 1.63. The van der Waals surface area contributed by atoms with Crippen LogP contribution in [0.1, 0.15) is 18.4 Å². The molecule has 0 saturated heterocycles. The molecule has 0 spiro atoms. The zero-order chi connectivity index (χ0) is 11.0. The number of benzene rings is 1. The molecule has 1 aromatic rings. The van der Waals surface area contributed by atoms with Gasteiger partial charge in [0.1, 0.15) is 11.5 Å². The molecule has 4 heteroatoms. The fourth-order valence-corrected chi connectivity index (χ4v) is 1.63. The van der Waals surface area contributed by atoms with Gasteiger partial charge in [-0.05, 0) is 25.0 Å². The van der Waals surface area contributed by atoms with Crippen LogP contribution < -0.4 is 9.47 Å². The van der Waals surface area contributed by atoms with Gasteiger partial charge in [-0.1, -0.05) is 0 Å². The summed E-state index contributed by atoms with van der Waals surface area (Å²) in [5.41, 5.74) is 0.984. The van der Waals surface area contributed by atoms with Gasteiger partial charge in [0.05, 0.1) is 12.5 Å². The van der Waals surface area contributed by atoms with Crippen molar-refractivity contribution in [3.05, 3.63) is 23.8 Å². The molecular weight excluding hydrogens is 208 g/mol. The van der Waals surface area contributed by atoms with Gasteiger partial charge < -0.3 is 14.2 Å². The van der Waals surface area contributed by atoms with Gasteiger partial charge in [0.25, 0.3) is 0 Å². The Morgan fingerprint density at radius 3 is 3.06 bits per heavy atom. The quantitative estimate of drug-likeness (QED) is 0.563. The highest BCUT2D eigenvalue weighted by molar-refractivity contribution is 5.77. The van der Waals surface area contributed by atoms with Crippen LogP contribution in [0.25, 0.3) is 0 Å². The van der Waals surface area contributed by atoms with E-state index in [4.69, 9.17) is 14.2 Å². The van der Waals surface area contributed by atoms with Crippen LogP contribution in [-0.2, 0) is 16.1 Å². The van der Waals surface area contributed by atoms with E-state index in [0.29, 0.717) is 12.4 Å². The molecule has 0 unspecified atom stereocenters. The average Bonchev–Trinajstić information content (AvgIpc) is 3.12. The summed E-state index contributed by atoms with van der Waals surface area (Å²) in [7, 11) is 0. The Morgan fingerprint density at radius 2 is 2.25 bits per heavy atom. The van der Waals surface area contributed by atoms with Gasteiger partial charge in [-0.15, -0.1) is 0 Å². The van der Waals surface area contributed by atoms with Gasteiger partial charge in [-0.2, -0.15) is 0 Å². The summed E-state index contributed by atoms with van der Waals surface area (Å²) in [6.45, 7) is 0.805. The zero-order valence-corrected chi connectivity index (χ0v) is 8.77. The summed E-state index contributed by atoms with van der Waals surface area (Å²) in [5.74, 6) is 1.28. The molecule has 1 aliphatic heterocycles. The Bertz CT molecular complexity index is 423. The van der Waals surface area contributed by atoms with Crippen molar-refractivity contribution in [2.24, 2.45) is 5.92 Å². The Kier molecular flexibility index (Phi) is 2.29. The fraction of sp³-hybridized carbons (Fsp3) is 0.417. The molecule has 1 heterocycles. The van der Waals surface area contributed by atoms with E-state index < -0.39 is 0 Å². The van der Waals surface area contributed by atoms with Crippen LogP contribution >= 0.6 is 0 Å². The standard InChI is InChI=1S/C12H12O4/c13-12(8-1-2-8)16-10-4-3-9-6-14-7-15-11(9)5-10/h3-5,8H,1-2,6-7H2. The average molecular weight is 220 g/mol. The first kappa shape index (κ1) is 9.66. The van der Waals surface area contributed by atoms with Gasteiger partial charge >= 0.3 is 5.97 Å². The van der Waals surface area contributed by atoms with Crippen molar-refractivity contribution in [2.75, 3.05) is 6.79 Å². The molecule has 1 aromatic carbocycles. The molecule has 16 heavy (non-hydrogen) atoms. The van der Waals surface area contributed by atoms with E-state index in [2.05, 4.69) is 0 Å². The van der Waals surface area contributed by atoms with Gasteiger partial charge in [0.2, 0.25) is 0 Å². The third-order valence-electron chi connectivity index (χ3n) is 2.72. The lowest BCUT2D eigenvalue weighted by atomic mass is 10.2. The Labute approximate surface area is 93.1 Å². The number of carbonyl (C=O) groups excluding carboxylic acids is 1. The monoisotopic (exact) mass is 220 g/mol. The van der Waals surface area contributed by atoms with E-state index in [1.165, 1.54) is 0 Å². The number of hydrogen-bond acceptors (Lipinski definition) is 4. The predicted molar refractivity (Wildman–Crippen MR) is 55.1 cm³/mol. The molecule has 0 bridgehead atoms. The van der Waals surface area contributed by atoms with Crippen molar-refractivity contribution in [3.8, 4) is 11.5 Å².